The predicted molar refractivity (Wildman–Crippen MR) is 56.1 cm³/mol. The third kappa shape index (κ3) is 6.10. The van der Waals surface area contributed by atoms with Crippen molar-refractivity contribution >= 4 is 30.8 Å². The topological polar surface area (TPSA) is 43.8 Å². The zero-order chi connectivity index (χ0) is 8.27. The summed E-state index contributed by atoms with van der Waals surface area (Å²) in [5.41, 5.74) is 0. The van der Waals surface area contributed by atoms with Gasteiger partial charge < -0.3 is 10.0 Å². The Kier molecular flexibility index (Phi) is 8.77. The Labute approximate surface area is 90.7 Å². The Bertz CT molecular complexity index is 149. The number of carbonyl (C=O) groups is 1. The molecule has 0 amide bonds. The van der Waals surface area contributed by atoms with E-state index < -0.39 is 5.97 Å². The predicted octanol–water partition coefficient (Wildman–Crippen LogP) is 0.162. The highest BCUT2D eigenvalue weighted by Gasteiger charge is 2.15. The number of carboxylic acids is 1. The van der Waals surface area contributed by atoms with E-state index in [1.807, 2.05) is 4.90 Å². The van der Waals surface area contributed by atoms with Gasteiger partial charge >= 0.3 is 5.97 Å². The summed E-state index contributed by atoms with van der Waals surface area (Å²) in [6, 6.07) is 0. The Hall–Kier alpha value is -0.0300. The lowest BCUT2D eigenvalue weighted by Crippen LogP contribution is -2.46. The van der Waals surface area contributed by atoms with Crippen molar-refractivity contribution in [2.24, 2.45) is 0 Å². The van der Waals surface area contributed by atoms with E-state index in [2.05, 4.69) is 11.9 Å². The largest absolute Gasteiger partial charge is 0.480 e. The molecule has 1 fully saturated rings. The van der Waals surface area contributed by atoms with Crippen LogP contribution in [0.2, 0.25) is 0 Å². The van der Waals surface area contributed by atoms with Gasteiger partial charge in [-0.15, -0.1) is 24.8 Å². The summed E-state index contributed by atoms with van der Waals surface area (Å²) in [4.78, 5) is 14.5. The Morgan fingerprint density at radius 3 is 2.08 bits per heavy atom. The van der Waals surface area contributed by atoms with E-state index in [0.29, 0.717) is 0 Å². The first-order valence-corrected chi connectivity index (χ1v) is 3.81. The van der Waals surface area contributed by atoms with Gasteiger partial charge in [0.2, 0.25) is 0 Å². The van der Waals surface area contributed by atoms with Gasteiger partial charge in [0, 0.05) is 26.2 Å². The van der Waals surface area contributed by atoms with Crippen LogP contribution in [0, 0.1) is 0 Å². The molecule has 0 aromatic heterocycles. The van der Waals surface area contributed by atoms with Crippen molar-refractivity contribution in [1.82, 2.24) is 9.80 Å². The smallest absolute Gasteiger partial charge is 0.317 e. The Balaban J connectivity index is 0. The second-order valence-electron chi connectivity index (χ2n) is 2.97. The third-order valence-corrected chi connectivity index (χ3v) is 1.95. The van der Waals surface area contributed by atoms with Crippen molar-refractivity contribution in [2.45, 2.75) is 0 Å². The van der Waals surface area contributed by atoms with Crippen LogP contribution in [0.4, 0.5) is 0 Å². The number of likely N-dealkylation sites (N-methyl/N-ethyl adjacent to an activating group) is 1. The van der Waals surface area contributed by atoms with Crippen molar-refractivity contribution in [2.75, 3.05) is 39.8 Å². The standard InChI is InChI=1S/C7H14N2O2.2ClH/c1-8-2-4-9(5-3-8)6-7(10)11;;/h2-6H2,1H3,(H,10,11);2*1H. The highest BCUT2D eigenvalue weighted by molar-refractivity contribution is 5.85. The summed E-state index contributed by atoms with van der Waals surface area (Å²) in [6.07, 6.45) is 0. The quantitative estimate of drug-likeness (QED) is 0.735. The van der Waals surface area contributed by atoms with Crippen molar-refractivity contribution in [3.05, 3.63) is 0 Å². The molecule has 0 bridgehead atoms. The Morgan fingerprint density at radius 1 is 1.23 bits per heavy atom. The van der Waals surface area contributed by atoms with Gasteiger partial charge in [0.25, 0.3) is 0 Å². The highest BCUT2D eigenvalue weighted by atomic mass is 35.5. The van der Waals surface area contributed by atoms with Gasteiger partial charge in [-0.05, 0) is 7.05 Å². The average Bonchev–Trinajstić information content (AvgIpc) is 1.93. The number of piperazine rings is 1. The van der Waals surface area contributed by atoms with E-state index in [0.717, 1.165) is 26.2 Å². The van der Waals surface area contributed by atoms with Gasteiger partial charge in [-0.2, -0.15) is 0 Å². The molecule has 0 atom stereocenters. The van der Waals surface area contributed by atoms with Crippen LogP contribution in [0.25, 0.3) is 0 Å². The van der Waals surface area contributed by atoms with Crippen molar-refractivity contribution in [3.8, 4) is 0 Å². The van der Waals surface area contributed by atoms with Gasteiger partial charge in [-0.3, -0.25) is 9.69 Å². The SMILES string of the molecule is CN1CCN(CC(=O)O)CC1.Cl.Cl. The zero-order valence-electron chi connectivity index (χ0n) is 7.60. The summed E-state index contributed by atoms with van der Waals surface area (Å²) in [7, 11) is 2.05. The number of rotatable bonds is 2. The van der Waals surface area contributed by atoms with Crippen molar-refractivity contribution in [1.29, 1.82) is 0 Å². The maximum atomic E-state index is 10.3. The lowest BCUT2D eigenvalue weighted by atomic mass is 10.3. The first-order chi connectivity index (χ1) is 5.18. The van der Waals surface area contributed by atoms with Crippen LogP contribution in [-0.2, 0) is 4.79 Å². The van der Waals surface area contributed by atoms with E-state index >= 15 is 0 Å². The van der Waals surface area contributed by atoms with E-state index in [-0.39, 0.29) is 31.4 Å². The molecular weight excluding hydrogens is 215 g/mol. The van der Waals surface area contributed by atoms with E-state index in [1.165, 1.54) is 0 Å². The molecular formula is C7H16Cl2N2O2. The van der Waals surface area contributed by atoms with Crippen LogP contribution in [0.15, 0.2) is 0 Å². The van der Waals surface area contributed by atoms with Crippen LogP contribution in [0.5, 0.6) is 0 Å². The summed E-state index contributed by atoms with van der Waals surface area (Å²) in [5.74, 6) is -0.727. The molecule has 4 nitrogen and oxygen atoms in total. The summed E-state index contributed by atoms with van der Waals surface area (Å²) < 4.78 is 0. The molecule has 1 saturated heterocycles. The highest BCUT2D eigenvalue weighted by Crippen LogP contribution is 1.97. The lowest BCUT2D eigenvalue weighted by molar-refractivity contribution is -0.138. The Morgan fingerprint density at radius 2 is 1.69 bits per heavy atom. The molecule has 80 valence electrons. The van der Waals surface area contributed by atoms with Crippen LogP contribution >= 0.6 is 24.8 Å². The van der Waals surface area contributed by atoms with E-state index in [1.54, 1.807) is 0 Å². The van der Waals surface area contributed by atoms with Crippen LogP contribution < -0.4 is 0 Å². The molecule has 0 aromatic rings. The minimum absolute atomic E-state index is 0. The second kappa shape index (κ2) is 7.38. The molecule has 1 aliphatic heterocycles. The first kappa shape index (κ1) is 15.4. The fraction of sp³-hybridized carbons (Fsp3) is 0.857. The van der Waals surface area contributed by atoms with Crippen LogP contribution in [-0.4, -0.2) is 60.6 Å². The summed E-state index contributed by atoms with van der Waals surface area (Å²) in [5, 5.41) is 8.48. The molecule has 1 N–H and O–H groups in total. The molecule has 0 saturated carbocycles. The molecule has 1 aliphatic rings. The molecule has 6 heteroatoms. The maximum Gasteiger partial charge on any atom is 0.317 e. The number of hydrogen-bond donors (Lipinski definition) is 1. The molecule has 1 rings (SSSR count). The van der Waals surface area contributed by atoms with Gasteiger partial charge in [-0.1, -0.05) is 0 Å². The second-order valence-corrected chi connectivity index (χ2v) is 2.97. The van der Waals surface area contributed by atoms with Gasteiger partial charge in [-0.25, -0.2) is 0 Å². The van der Waals surface area contributed by atoms with Crippen molar-refractivity contribution in [3.63, 3.8) is 0 Å². The monoisotopic (exact) mass is 230 g/mol. The van der Waals surface area contributed by atoms with Gasteiger partial charge in [0.1, 0.15) is 0 Å². The van der Waals surface area contributed by atoms with Crippen LogP contribution in [0.3, 0.4) is 0 Å². The number of halogens is 2. The molecule has 0 spiro atoms. The molecule has 13 heavy (non-hydrogen) atoms. The summed E-state index contributed by atoms with van der Waals surface area (Å²) in [6.45, 7) is 3.90. The number of carboxylic acid groups (broad SMARTS) is 1. The molecule has 0 radical (unpaired) electrons. The van der Waals surface area contributed by atoms with Gasteiger partial charge in [0.15, 0.2) is 0 Å². The van der Waals surface area contributed by atoms with E-state index in [4.69, 9.17) is 5.11 Å². The average molecular weight is 231 g/mol. The molecule has 1 heterocycles. The minimum Gasteiger partial charge on any atom is -0.480 e. The lowest BCUT2D eigenvalue weighted by Gasteiger charge is -2.30. The minimum atomic E-state index is -0.727. The fourth-order valence-corrected chi connectivity index (χ4v) is 1.20. The molecule has 0 unspecified atom stereocenters. The maximum absolute atomic E-state index is 10.3. The zero-order valence-corrected chi connectivity index (χ0v) is 9.23. The number of aliphatic carboxylic acids is 1. The fourth-order valence-electron chi connectivity index (χ4n) is 1.20. The number of hydrogen-bond acceptors (Lipinski definition) is 3. The van der Waals surface area contributed by atoms with Gasteiger partial charge in [0.05, 0.1) is 6.54 Å². The summed E-state index contributed by atoms with van der Waals surface area (Å²) >= 11 is 0. The van der Waals surface area contributed by atoms with Crippen LogP contribution in [0.1, 0.15) is 0 Å². The number of nitrogens with zero attached hydrogens (tertiary/aromatic N) is 2. The van der Waals surface area contributed by atoms with Crippen molar-refractivity contribution < 1.29 is 9.90 Å². The first-order valence-electron chi connectivity index (χ1n) is 3.81. The third-order valence-electron chi connectivity index (χ3n) is 1.95. The molecule has 0 aromatic carbocycles. The normalized spacial score (nSPS) is 18.5. The van der Waals surface area contributed by atoms with E-state index in [9.17, 15) is 4.79 Å². The molecule has 0 aliphatic carbocycles.